The van der Waals surface area contributed by atoms with Crippen molar-refractivity contribution in [1.82, 2.24) is 14.7 Å². The molecule has 1 N–H and O–H groups in total. The molecule has 0 aromatic carbocycles. The third-order valence-electron chi connectivity index (χ3n) is 3.36. The van der Waals surface area contributed by atoms with E-state index < -0.39 is 0 Å². The molecule has 4 heteroatoms. The standard InChI is InChI=1S/C17H27N3S/c1-5-6-9-12-21-16-14(13-18-17(2,3)4)20-11-8-7-10-15(20)19-16/h7-8,10-11,18H,5-6,9,12-13H2,1-4H3. The number of hydrogen-bond acceptors (Lipinski definition) is 3. The Morgan fingerprint density at radius 1 is 1.24 bits per heavy atom. The number of pyridine rings is 1. The van der Waals surface area contributed by atoms with Crippen molar-refractivity contribution >= 4 is 17.4 Å². The molecule has 0 saturated carbocycles. The monoisotopic (exact) mass is 305 g/mol. The van der Waals surface area contributed by atoms with Crippen molar-refractivity contribution in [2.45, 2.75) is 64.1 Å². The highest BCUT2D eigenvalue weighted by Gasteiger charge is 2.15. The average Bonchev–Trinajstić information content (AvgIpc) is 2.78. The SMILES string of the molecule is CCCCCSc1nc2ccccn2c1CNC(C)(C)C. The van der Waals surface area contributed by atoms with E-state index in [9.17, 15) is 0 Å². The number of hydrogen-bond donors (Lipinski definition) is 1. The fourth-order valence-electron chi connectivity index (χ4n) is 2.17. The second-order valence-corrected chi connectivity index (χ2v) is 7.54. The third kappa shape index (κ3) is 4.75. The maximum absolute atomic E-state index is 4.80. The van der Waals surface area contributed by atoms with Crippen LogP contribution in [0, 0.1) is 0 Å². The Balaban J connectivity index is 2.17. The molecule has 0 aliphatic heterocycles. The minimum absolute atomic E-state index is 0.114. The van der Waals surface area contributed by atoms with E-state index in [2.05, 4.69) is 61.8 Å². The molecule has 21 heavy (non-hydrogen) atoms. The van der Waals surface area contributed by atoms with Gasteiger partial charge in [0.05, 0.1) is 5.69 Å². The van der Waals surface area contributed by atoms with Crippen LogP contribution in [0.1, 0.15) is 52.7 Å². The molecule has 0 atom stereocenters. The first kappa shape index (κ1) is 16.4. The summed E-state index contributed by atoms with van der Waals surface area (Å²) in [5.74, 6) is 1.15. The van der Waals surface area contributed by atoms with E-state index in [1.165, 1.54) is 30.0 Å². The first-order valence-electron chi connectivity index (χ1n) is 7.85. The normalized spacial score (nSPS) is 12.2. The molecule has 3 nitrogen and oxygen atoms in total. The lowest BCUT2D eigenvalue weighted by Gasteiger charge is -2.20. The van der Waals surface area contributed by atoms with Crippen molar-refractivity contribution in [3.05, 3.63) is 30.1 Å². The van der Waals surface area contributed by atoms with Crippen molar-refractivity contribution < 1.29 is 0 Å². The van der Waals surface area contributed by atoms with Crippen LogP contribution < -0.4 is 5.32 Å². The number of rotatable bonds is 7. The quantitative estimate of drug-likeness (QED) is 0.603. The van der Waals surface area contributed by atoms with Gasteiger partial charge >= 0.3 is 0 Å². The number of fused-ring (bicyclic) bond motifs is 1. The Bertz CT molecular complexity index is 569. The maximum atomic E-state index is 4.80. The Kier molecular flexibility index (Phi) is 5.71. The largest absolute Gasteiger partial charge is 0.306 e. The average molecular weight is 305 g/mol. The lowest BCUT2D eigenvalue weighted by atomic mass is 10.1. The Morgan fingerprint density at radius 2 is 2.05 bits per heavy atom. The molecule has 2 heterocycles. The van der Waals surface area contributed by atoms with Gasteiger partial charge in [-0.1, -0.05) is 25.8 Å². The zero-order valence-electron chi connectivity index (χ0n) is 13.6. The molecule has 0 spiro atoms. The molecular weight excluding hydrogens is 278 g/mol. The van der Waals surface area contributed by atoms with E-state index in [-0.39, 0.29) is 5.54 Å². The third-order valence-corrected chi connectivity index (χ3v) is 4.46. The second-order valence-electron chi connectivity index (χ2n) is 6.45. The summed E-state index contributed by atoms with van der Waals surface area (Å²) in [5.41, 5.74) is 2.44. The van der Waals surface area contributed by atoms with Gasteiger partial charge in [0, 0.05) is 18.3 Å². The van der Waals surface area contributed by atoms with Crippen LogP contribution in [0.2, 0.25) is 0 Å². The molecule has 0 aliphatic carbocycles. The molecular formula is C17H27N3S. The van der Waals surface area contributed by atoms with E-state index >= 15 is 0 Å². The molecule has 0 aliphatic rings. The highest BCUT2D eigenvalue weighted by atomic mass is 32.2. The molecule has 0 unspecified atom stereocenters. The maximum Gasteiger partial charge on any atom is 0.138 e. The van der Waals surface area contributed by atoms with Crippen LogP contribution in [0.5, 0.6) is 0 Å². The van der Waals surface area contributed by atoms with Crippen molar-refractivity contribution in [2.75, 3.05) is 5.75 Å². The van der Waals surface area contributed by atoms with Gasteiger partial charge in [0.25, 0.3) is 0 Å². The van der Waals surface area contributed by atoms with Crippen molar-refractivity contribution in [3.63, 3.8) is 0 Å². The van der Waals surface area contributed by atoms with E-state index in [1.54, 1.807) is 0 Å². The summed E-state index contributed by atoms with van der Waals surface area (Å²) in [5, 5.41) is 4.76. The molecule has 2 rings (SSSR count). The van der Waals surface area contributed by atoms with Gasteiger partial charge in [0.2, 0.25) is 0 Å². The molecule has 0 saturated heterocycles. The zero-order chi connectivity index (χ0) is 15.3. The van der Waals surface area contributed by atoms with Gasteiger partial charge in [-0.15, -0.1) is 11.8 Å². The van der Waals surface area contributed by atoms with Gasteiger partial charge in [-0.25, -0.2) is 4.98 Å². The van der Waals surface area contributed by atoms with Crippen LogP contribution in [-0.4, -0.2) is 20.7 Å². The van der Waals surface area contributed by atoms with Crippen molar-refractivity contribution in [1.29, 1.82) is 0 Å². The van der Waals surface area contributed by atoms with Gasteiger partial charge in [0.15, 0.2) is 0 Å². The topological polar surface area (TPSA) is 29.3 Å². The van der Waals surface area contributed by atoms with Gasteiger partial charge in [-0.2, -0.15) is 0 Å². The lowest BCUT2D eigenvalue weighted by molar-refractivity contribution is 0.418. The summed E-state index contributed by atoms with van der Waals surface area (Å²) < 4.78 is 2.21. The van der Waals surface area contributed by atoms with Crippen LogP contribution >= 0.6 is 11.8 Å². The highest BCUT2D eigenvalue weighted by molar-refractivity contribution is 7.99. The Morgan fingerprint density at radius 3 is 2.76 bits per heavy atom. The number of aromatic nitrogens is 2. The fraction of sp³-hybridized carbons (Fsp3) is 0.588. The number of nitrogens with zero attached hydrogens (tertiary/aromatic N) is 2. The minimum atomic E-state index is 0.114. The van der Waals surface area contributed by atoms with Crippen LogP contribution in [0.25, 0.3) is 5.65 Å². The van der Waals surface area contributed by atoms with E-state index in [4.69, 9.17) is 4.98 Å². The first-order valence-corrected chi connectivity index (χ1v) is 8.83. The van der Waals surface area contributed by atoms with E-state index in [1.807, 2.05) is 11.8 Å². The number of thioether (sulfide) groups is 1. The smallest absolute Gasteiger partial charge is 0.138 e. The number of imidazole rings is 1. The molecule has 0 fully saturated rings. The number of unbranched alkanes of at least 4 members (excludes halogenated alkanes) is 2. The van der Waals surface area contributed by atoms with Gasteiger partial charge in [-0.05, 0) is 45.1 Å². The summed E-state index contributed by atoms with van der Waals surface area (Å²) in [7, 11) is 0. The first-order chi connectivity index (χ1) is 10.0. The van der Waals surface area contributed by atoms with Crippen LogP contribution in [-0.2, 0) is 6.54 Å². The van der Waals surface area contributed by atoms with Gasteiger partial charge in [0.1, 0.15) is 10.7 Å². The molecule has 0 radical (unpaired) electrons. The summed E-state index contributed by atoms with van der Waals surface area (Å²) >= 11 is 1.89. The lowest BCUT2D eigenvalue weighted by Crippen LogP contribution is -2.35. The molecule has 116 valence electrons. The molecule has 0 amide bonds. The summed E-state index contributed by atoms with van der Waals surface area (Å²) in [6, 6.07) is 6.20. The van der Waals surface area contributed by atoms with Gasteiger partial charge < -0.3 is 9.72 Å². The van der Waals surface area contributed by atoms with E-state index in [0.717, 1.165) is 17.9 Å². The van der Waals surface area contributed by atoms with E-state index in [0.29, 0.717) is 0 Å². The highest BCUT2D eigenvalue weighted by Crippen LogP contribution is 2.25. The fourth-order valence-corrected chi connectivity index (χ4v) is 3.21. The predicted molar refractivity (Wildman–Crippen MR) is 92.0 cm³/mol. The van der Waals surface area contributed by atoms with Crippen molar-refractivity contribution in [2.24, 2.45) is 0 Å². The Hall–Kier alpha value is -1.00. The summed E-state index contributed by atoms with van der Waals surface area (Å²) in [6.07, 6.45) is 5.94. The summed E-state index contributed by atoms with van der Waals surface area (Å²) in [4.78, 5) is 4.80. The Labute approximate surface area is 132 Å². The zero-order valence-corrected chi connectivity index (χ0v) is 14.5. The predicted octanol–water partition coefficient (Wildman–Crippen LogP) is 4.50. The van der Waals surface area contributed by atoms with Crippen LogP contribution in [0.3, 0.4) is 0 Å². The minimum Gasteiger partial charge on any atom is -0.306 e. The molecule has 2 aromatic rings. The second kappa shape index (κ2) is 7.32. The molecule has 2 aromatic heterocycles. The van der Waals surface area contributed by atoms with Gasteiger partial charge in [-0.3, -0.25) is 0 Å². The number of nitrogens with one attached hydrogen (secondary N) is 1. The summed E-state index contributed by atoms with van der Waals surface area (Å²) in [6.45, 7) is 9.69. The van der Waals surface area contributed by atoms with Crippen LogP contribution in [0.15, 0.2) is 29.4 Å². The van der Waals surface area contributed by atoms with Crippen LogP contribution in [0.4, 0.5) is 0 Å². The van der Waals surface area contributed by atoms with Crippen molar-refractivity contribution in [3.8, 4) is 0 Å². The molecule has 0 bridgehead atoms.